The first-order chi connectivity index (χ1) is 7.33. The smallest absolute Gasteiger partial charge is 0.297 e. The van der Waals surface area contributed by atoms with E-state index in [4.69, 9.17) is 20.8 Å². The quantitative estimate of drug-likeness (QED) is 0.745. The number of alkyl halides is 1. The average Bonchev–Trinajstić information content (AvgIpc) is 2.78. The molecule has 0 radical (unpaired) electrons. The second-order valence-electron chi connectivity index (χ2n) is 3.70. The van der Waals surface area contributed by atoms with E-state index in [1.54, 1.807) is 13.4 Å². The van der Waals surface area contributed by atoms with Crippen molar-refractivity contribution in [1.29, 1.82) is 0 Å². The topological polar surface area (TPSA) is 38.5 Å². The molecule has 1 unspecified atom stereocenters. The van der Waals surface area contributed by atoms with E-state index in [-0.39, 0.29) is 6.10 Å². The number of hydrogen-bond donors (Lipinski definition) is 0. The van der Waals surface area contributed by atoms with Gasteiger partial charge in [0.25, 0.3) is 6.01 Å². The summed E-state index contributed by atoms with van der Waals surface area (Å²) in [6.45, 7) is 1.82. The minimum absolute atomic E-state index is 0.283. The van der Waals surface area contributed by atoms with Crippen LogP contribution in [0.2, 0.25) is 0 Å². The fourth-order valence-corrected chi connectivity index (χ4v) is 1.93. The summed E-state index contributed by atoms with van der Waals surface area (Å²) < 4.78 is 10.7. The van der Waals surface area contributed by atoms with Gasteiger partial charge >= 0.3 is 0 Å². The number of oxazole rings is 1. The molecule has 2 heterocycles. The van der Waals surface area contributed by atoms with E-state index in [1.165, 1.54) is 0 Å². The summed E-state index contributed by atoms with van der Waals surface area (Å²) in [5.74, 6) is 0.394. The van der Waals surface area contributed by atoms with Gasteiger partial charge in [0.1, 0.15) is 6.26 Å². The Kier molecular flexibility index (Phi) is 3.49. The third-order valence-electron chi connectivity index (χ3n) is 2.66. The zero-order valence-corrected chi connectivity index (χ0v) is 9.54. The molecular formula is C10H15ClN2O2. The number of anilines is 1. The molecule has 0 bridgehead atoms. The number of hydrogen-bond acceptors (Lipinski definition) is 4. The first-order valence-electron chi connectivity index (χ1n) is 5.11. The molecule has 0 N–H and O–H groups in total. The highest BCUT2D eigenvalue weighted by Gasteiger charge is 2.22. The number of rotatable bonds is 3. The van der Waals surface area contributed by atoms with Crippen molar-refractivity contribution in [2.75, 3.05) is 25.1 Å². The van der Waals surface area contributed by atoms with Gasteiger partial charge in [-0.15, -0.1) is 11.6 Å². The highest BCUT2D eigenvalue weighted by Crippen LogP contribution is 2.20. The van der Waals surface area contributed by atoms with E-state index in [0.29, 0.717) is 11.9 Å². The maximum absolute atomic E-state index is 5.67. The van der Waals surface area contributed by atoms with Crippen molar-refractivity contribution >= 4 is 17.6 Å². The zero-order chi connectivity index (χ0) is 10.7. The summed E-state index contributed by atoms with van der Waals surface area (Å²) in [4.78, 5) is 6.40. The Hall–Kier alpha value is -0.740. The van der Waals surface area contributed by atoms with Gasteiger partial charge in [-0.05, 0) is 12.8 Å². The Balaban J connectivity index is 2.03. The summed E-state index contributed by atoms with van der Waals surface area (Å²) in [5, 5.41) is 0. The molecule has 0 aromatic carbocycles. The van der Waals surface area contributed by atoms with E-state index < -0.39 is 0 Å². The molecule has 1 aromatic heterocycles. The molecule has 1 atom stereocenters. The Morgan fingerprint density at radius 2 is 2.60 bits per heavy atom. The first kappa shape index (κ1) is 10.8. The van der Waals surface area contributed by atoms with Crippen LogP contribution in [0.1, 0.15) is 18.5 Å². The predicted octanol–water partition coefficient (Wildman–Crippen LogP) is 2.03. The Morgan fingerprint density at radius 1 is 1.73 bits per heavy atom. The molecule has 0 saturated carbocycles. The number of nitrogens with zero attached hydrogens (tertiary/aromatic N) is 2. The van der Waals surface area contributed by atoms with E-state index in [1.807, 2.05) is 0 Å². The zero-order valence-electron chi connectivity index (χ0n) is 8.78. The molecule has 0 amide bonds. The van der Waals surface area contributed by atoms with E-state index in [2.05, 4.69) is 9.88 Å². The molecule has 0 aliphatic carbocycles. The highest BCUT2D eigenvalue weighted by atomic mass is 35.5. The number of aromatic nitrogens is 1. The van der Waals surface area contributed by atoms with Crippen molar-refractivity contribution < 1.29 is 9.15 Å². The van der Waals surface area contributed by atoms with Crippen LogP contribution in [0.15, 0.2) is 10.7 Å². The van der Waals surface area contributed by atoms with Crippen LogP contribution in [0, 0.1) is 0 Å². The lowest BCUT2D eigenvalue weighted by Gasteiger charge is -2.30. The van der Waals surface area contributed by atoms with Gasteiger partial charge in [-0.3, -0.25) is 0 Å². The second-order valence-corrected chi connectivity index (χ2v) is 3.97. The van der Waals surface area contributed by atoms with Crippen LogP contribution in [0.5, 0.6) is 0 Å². The van der Waals surface area contributed by atoms with Crippen molar-refractivity contribution in [3.63, 3.8) is 0 Å². The molecule has 84 valence electrons. The van der Waals surface area contributed by atoms with Crippen molar-refractivity contribution in [3.05, 3.63) is 12.0 Å². The van der Waals surface area contributed by atoms with Crippen molar-refractivity contribution in [3.8, 4) is 0 Å². The van der Waals surface area contributed by atoms with Crippen LogP contribution in [-0.2, 0) is 10.6 Å². The van der Waals surface area contributed by atoms with Gasteiger partial charge in [0, 0.05) is 20.2 Å². The fraction of sp³-hybridized carbons (Fsp3) is 0.700. The van der Waals surface area contributed by atoms with E-state index >= 15 is 0 Å². The van der Waals surface area contributed by atoms with E-state index in [9.17, 15) is 0 Å². The molecule has 15 heavy (non-hydrogen) atoms. The van der Waals surface area contributed by atoms with Crippen molar-refractivity contribution in [1.82, 2.24) is 4.98 Å². The lowest BCUT2D eigenvalue weighted by Crippen LogP contribution is -2.39. The van der Waals surface area contributed by atoms with Crippen LogP contribution < -0.4 is 4.90 Å². The molecule has 1 saturated heterocycles. The van der Waals surface area contributed by atoms with Gasteiger partial charge in [-0.2, -0.15) is 4.98 Å². The Bertz CT molecular complexity index is 316. The molecule has 1 aliphatic rings. The van der Waals surface area contributed by atoms with Crippen LogP contribution in [0.3, 0.4) is 0 Å². The lowest BCUT2D eigenvalue weighted by molar-refractivity contribution is 0.0879. The predicted molar refractivity (Wildman–Crippen MR) is 58.3 cm³/mol. The third-order valence-corrected chi connectivity index (χ3v) is 2.93. The van der Waals surface area contributed by atoms with Crippen LogP contribution in [-0.4, -0.2) is 31.3 Å². The van der Waals surface area contributed by atoms with Crippen LogP contribution >= 0.6 is 11.6 Å². The number of halogens is 1. The SMILES string of the molecule is COC1CCCN(c2nc(CCl)co2)C1. The summed E-state index contributed by atoms with van der Waals surface area (Å²) in [5.41, 5.74) is 0.784. The van der Waals surface area contributed by atoms with Crippen molar-refractivity contribution in [2.24, 2.45) is 0 Å². The largest absolute Gasteiger partial charge is 0.432 e. The number of ether oxygens (including phenoxy) is 1. The minimum Gasteiger partial charge on any atom is -0.432 e. The minimum atomic E-state index is 0.283. The van der Waals surface area contributed by atoms with Crippen molar-refractivity contribution in [2.45, 2.75) is 24.8 Å². The molecular weight excluding hydrogens is 216 g/mol. The van der Waals surface area contributed by atoms with Gasteiger partial charge in [0.2, 0.25) is 0 Å². The number of piperidine rings is 1. The van der Waals surface area contributed by atoms with E-state index in [0.717, 1.165) is 31.6 Å². The lowest BCUT2D eigenvalue weighted by atomic mass is 10.1. The summed E-state index contributed by atoms with van der Waals surface area (Å²) in [6, 6.07) is 0.660. The molecule has 0 spiro atoms. The van der Waals surface area contributed by atoms with Crippen LogP contribution in [0.4, 0.5) is 6.01 Å². The van der Waals surface area contributed by atoms with Crippen LogP contribution in [0.25, 0.3) is 0 Å². The normalized spacial score (nSPS) is 22.0. The summed E-state index contributed by atoms with van der Waals surface area (Å²) in [7, 11) is 1.74. The van der Waals surface area contributed by atoms with Gasteiger partial charge in [0.15, 0.2) is 0 Å². The molecule has 1 aliphatic heterocycles. The second kappa shape index (κ2) is 4.86. The number of methoxy groups -OCH3 is 1. The maximum Gasteiger partial charge on any atom is 0.297 e. The molecule has 1 aromatic rings. The van der Waals surface area contributed by atoms with Gasteiger partial charge in [-0.1, -0.05) is 0 Å². The van der Waals surface area contributed by atoms with Gasteiger partial charge in [0.05, 0.1) is 17.7 Å². The standard InChI is InChI=1S/C10H15ClN2O2/c1-14-9-3-2-4-13(6-9)10-12-8(5-11)7-15-10/h7,9H,2-6H2,1H3. The summed E-state index contributed by atoms with van der Waals surface area (Å²) in [6.07, 6.45) is 4.11. The van der Waals surface area contributed by atoms with Gasteiger partial charge in [-0.25, -0.2) is 0 Å². The van der Waals surface area contributed by atoms with Gasteiger partial charge < -0.3 is 14.1 Å². The fourth-order valence-electron chi connectivity index (χ4n) is 1.81. The molecule has 4 nitrogen and oxygen atoms in total. The Morgan fingerprint density at radius 3 is 3.27 bits per heavy atom. The highest BCUT2D eigenvalue weighted by molar-refractivity contribution is 6.16. The molecule has 1 fully saturated rings. The first-order valence-corrected chi connectivity index (χ1v) is 5.65. The molecule has 2 rings (SSSR count). The summed E-state index contributed by atoms with van der Waals surface area (Å²) >= 11 is 5.67. The maximum atomic E-state index is 5.67. The third kappa shape index (κ3) is 2.44. The average molecular weight is 231 g/mol. The Labute approximate surface area is 94.2 Å². The molecule has 5 heteroatoms. The monoisotopic (exact) mass is 230 g/mol.